The summed E-state index contributed by atoms with van der Waals surface area (Å²) < 4.78 is 15.7. The Hall–Kier alpha value is -0.970. The zero-order chi connectivity index (χ0) is 15.0. The van der Waals surface area contributed by atoms with Gasteiger partial charge >= 0.3 is 0 Å². The second kappa shape index (κ2) is 9.06. The average molecular weight is 302 g/mol. The van der Waals surface area contributed by atoms with Crippen LogP contribution in [0.3, 0.4) is 0 Å². The van der Waals surface area contributed by atoms with Gasteiger partial charge in [-0.25, -0.2) is 0 Å². The molecule has 20 heavy (non-hydrogen) atoms. The number of methoxy groups -OCH3 is 3. The molecule has 0 spiro atoms. The van der Waals surface area contributed by atoms with Gasteiger partial charge in [-0.15, -0.1) is 0 Å². The number of hydrogen-bond acceptors (Lipinski definition) is 4. The lowest BCUT2D eigenvalue weighted by molar-refractivity contribution is 0.189. The van der Waals surface area contributed by atoms with E-state index in [-0.39, 0.29) is 6.04 Å². The molecule has 1 N–H and O–H groups in total. The van der Waals surface area contributed by atoms with Gasteiger partial charge in [0.1, 0.15) is 0 Å². The van der Waals surface area contributed by atoms with Crippen molar-refractivity contribution in [2.24, 2.45) is 0 Å². The SMILES string of the molecule is CCNC(CCCOC)c1cc(Cl)c(OC)c(OC)c1. The molecule has 1 rings (SSSR count). The first-order valence-corrected chi connectivity index (χ1v) is 7.19. The zero-order valence-electron chi connectivity index (χ0n) is 12.7. The van der Waals surface area contributed by atoms with Crippen LogP contribution in [0.15, 0.2) is 12.1 Å². The third kappa shape index (κ3) is 4.54. The van der Waals surface area contributed by atoms with Crippen LogP contribution in [0.5, 0.6) is 11.5 Å². The topological polar surface area (TPSA) is 39.7 Å². The van der Waals surface area contributed by atoms with Crippen LogP contribution >= 0.6 is 11.6 Å². The van der Waals surface area contributed by atoms with E-state index in [1.54, 1.807) is 21.3 Å². The van der Waals surface area contributed by atoms with E-state index in [2.05, 4.69) is 12.2 Å². The first-order chi connectivity index (χ1) is 9.67. The molecule has 4 nitrogen and oxygen atoms in total. The zero-order valence-corrected chi connectivity index (χ0v) is 13.4. The van der Waals surface area contributed by atoms with Crippen molar-refractivity contribution < 1.29 is 14.2 Å². The van der Waals surface area contributed by atoms with E-state index in [4.69, 9.17) is 25.8 Å². The van der Waals surface area contributed by atoms with Gasteiger partial charge in [-0.3, -0.25) is 0 Å². The minimum absolute atomic E-state index is 0.229. The molecule has 1 atom stereocenters. The summed E-state index contributed by atoms with van der Waals surface area (Å²) in [5.74, 6) is 1.23. The highest BCUT2D eigenvalue weighted by Crippen LogP contribution is 2.38. The quantitative estimate of drug-likeness (QED) is 0.709. The molecular formula is C15H24ClNO3. The van der Waals surface area contributed by atoms with Gasteiger partial charge < -0.3 is 19.5 Å². The Morgan fingerprint density at radius 2 is 1.95 bits per heavy atom. The predicted octanol–water partition coefficient (Wildman–Crippen LogP) is 3.43. The summed E-state index contributed by atoms with van der Waals surface area (Å²) >= 11 is 6.26. The number of nitrogens with one attached hydrogen (secondary N) is 1. The van der Waals surface area contributed by atoms with Crippen molar-refractivity contribution in [1.29, 1.82) is 0 Å². The maximum absolute atomic E-state index is 6.26. The molecule has 0 amide bonds. The Morgan fingerprint density at radius 1 is 1.20 bits per heavy atom. The maximum Gasteiger partial charge on any atom is 0.179 e. The van der Waals surface area contributed by atoms with Gasteiger partial charge in [0.15, 0.2) is 11.5 Å². The number of halogens is 1. The van der Waals surface area contributed by atoms with Crippen molar-refractivity contribution in [3.8, 4) is 11.5 Å². The Morgan fingerprint density at radius 3 is 2.50 bits per heavy atom. The predicted molar refractivity (Wildman–Crippen MR) is 82.1 cm³/mol. The number of ether oxygens (including phenoxy) is 3. The molecule has 1 aromatic carbocycles. The smallest absolute Gasteiger partial charge is 0.179 e. The standard InChI is InChI=1S/C15H24ClNO3/c1-5-17-13(7-6-8-18-2)11-9-12(16)15(20-4)14(10-11)19-3/h9-10,13,17H,5-8H2,1-4H3. The van der Waals surface area contributed by atoms with E-state index in [9.17, 15) is 0 Å². The number of rotatable bonds is 9. The highest BCUT2D eigenvalue weighted by molar-refractivity contribution is 6.32. The van der Waals surface area contributed by atoms with Crippen molar-refractivity contribution in [1.82, 2.24) is 5.32 Å². The lowest BCUT2D eigenvalue weighted by Gasteiger charge is -2.20. The van der Waals surface area contributed by atoms with Gasteiger partial charge in [-0.1, -0.05) is 18.5 Å². The number of benzene rings is 1. The fourth-order valence-electron chi connectivity index (χ4n) is 2.20. The van der Waals surface area contributed by atoms with Crippen molar-refractivity contribution >= 4 is 11.6 Å². The Kier molecular flexibility index (Phi) is 7.73. The minimum Gasteiger partial charge on any atom is -0.493 e. The third-order valence-corrected chi connectivity index (χ3v) is 3.43. The maximum atomic E-state index is 6.26. The molecule has 0 heterocycles. The molecule has 5 heteroatoms. The molecule has 0 aliphatic rings. The van der Waals surface area contributed by atoms with Crippen molar-refractivity contribution in [3.63, 3.8) is 0 Å². The average Bonchev–Trinajstić information content (AvgIpc) is 2.45. The lowest BCUT2D eigenvalue weighted by Crippen LogP contribution is -2.21. The van der Waals surface area contributed by atoms with E-state index in [0.29, 0.717) is 16.5 Å². The van der Waals surface area contributed by atoms with Crippen LogP contribution in [0, 0.1) is 0 Å². The van der Waals surface area contributed by atoms with Gasteiger partial charge in [-0.2, -0.15) is 0 Å². The van der Waals surface area contributed by atoms with Crippen LogP contribution in [0.25, 0.3) is 0 Å². The van der Waals surface area contributed by atoms with Crippen LogP contribution in [0.4, 0.5) is 0 Å². The highest BCUT2D eigenvalue weighted by Gasteiger charge is 2.16. The van der Waals surface area contributed by atoms with Crippen LogP contribution in [-0.2, 0) is 4.74 Å². The van der Waals surface area contributed by atoms with E-state index >= 15 is 0 Å². The van der Waals surface area contributed by atoms with E-state index in [1.165, 1.54) is 0 Å². The van der Waals surface area contributed by atoms with Crippen LogP contribution in [0.1, 0.15) is 31.4 Å². The monoisotopic (exact) mass is 301 g/mol. The summed E-state index contributed by atoms with van der Waals surface area (Å²) in [7, 11) is 4.92. The first kappa shape index (κ1) is 17.1. The Labute approximate surface area is 126 Å². The van der Waals surface area contributed by atoms with Gasteiger partial charge in [0.05, 0.1) is 19.2 Å². The van der Waals surface area contributed by atoms with Crippen LogP contribution < -0.4 is 14.8 Å². The van der Waals surface area contributed by atoms with E-state index in [0.717, 1.165) is 31.6 Å². The molecule has 0 aliphatic heterocycles. The summed E-state index contributed by atoms with van der Waals surface area (Å²) in [6.45, 7) is 3.73. The molecule has 0 aromatic heterocycles. The summed E-state index contributed by atoms with van der Waals surface area (Å²) in [5.41, 5.74) is 1.10. The van der Waals surface area contributed by atoms with Crippen molar-refractivity contribution in [2.75, 3.05) is 34.5 Å². The van der Waals surface area contributed by atoms with E-state index in [1.807, 2.05) is 12.1 Å². The highest BCUT2D eigenvalue weighted by atomic mass is 35.5. The fraction of sp³-hybridized carbons (Fsp3) is 0.600. The normalized spacial score (nSPS) is 12.2. The molecule has 0 saturated heterocycles. The second-order valence-corrected chi connectivity index (χ2v) is 4.89. The Balaban J connectivity index is 2.97. The molecular weight excluding hydrogens is 278 g/mol. The molecule has 0 bridgehead atoms. The summed E-state index contributed by atoms with van der Waals surface area (Å²) in [5, 5.41) is 4.03. The molecule has 0 saturated carbocycles. The Bertz CT molecular complexity index is 412. The third-order valence-electron chi connectivity index (χ3n) is 3.15. The molecule has 114 valence electrons. The molecule has 0 fully saturated rings. The van der Waals surface area contributed by atoms with E-state index < -0.39 is 0 Å². The molecule has 1 aromatic rings. The minimum atomic E-state index is 0.229. The van der Waals surface area contributed by atoms with Gasteiger partial charge in [-0.05, 0) is 37.1 Å². The summed E-state index contributed by atoms with van der Waals surface area (Å²) in [6.07, 6.45) is 1.97. The van der Waals surface area contributed by atoms with Crippen LogP contribution in [0.2, 0.25) is 5.02 Å². The molecule has 0 radical (unpaired) electrons. The molecule has 0 aliphatic carbocycles. The summed E-state index contributed by atoms with van der Waals surface area (Å²) in [6, 6.07) is 4.14. The molecule has 1 unspecified atom stereocenters. The largest absolute Gasteiger partial charge is 0.493 e. The lowest BCUT2D eigenvalue weighted by atomic mass is 10.0. The van der Waals surface area contributed by atoms with Crippen molar-refractivity contribution in [3.05, 3.63) is 22.7 Å². The fourth-order valence-corrected chi connectivity index (χ4v) is 2.50. The number of hydrogen-bond donors (Lipinski definition) is 1. The van der Waals surface area contributed by atoms with Gasteiger partial charge in [0, 0.05) is 19.8 Å². The van der Waals surface area contributed by atoms with Crippen molar-refractivity contribution in [2.45, 2.75) is 25.8 Å². The van der Waals surface area contributed by atoms with Gasteiger partial charge in [0.2, 0.25) is 0 Å². The van der Waals surface area contributed by atoms with Crippen LogP contribution in [-0.4, -0.2) is 34.5 Å². The summed E-state index contributed by atoms with van der Waals surface area (Å²) in [4.78, 5) is 0. The van der Waals surface area contributed by atoms with Gasteiger partial charge in [0.25, 0.3) is 0 Å². The second-order valence-electron chi connectivity index (χ2n) is 4.48. The first-order valence-electron chi connectivity index (χ1n) is 6.81.